The largest absolute Gasteiger partial charge is 0.381 e. The number of aryl methyl sites for hydroxylation is 1. The summed E-state index contributed by atoms with van der Waals surface area (Å²) in [6, 6.07) is 1.06. The van der Waals surface area contributed by atoms with Gasteiger partial charge in [0.05, 0.1) is 6.61 Å². The average Bonchev–Trinajstić information content (AvgIpc) is 3.55. The van der Waals surface area contributed by atoms with E-state index < -0.39 is 0 Å². The maximum Gasteiger partial charge on any atom is 0.191 e. The minimum absolute atomic E-state index is 0. The molecular formula is C23H43IN8O. The number of hydrogen-bond acceptors (Lipinski definition) is 6. The van der Waals surface area contributed by atoms with Gasteiger partial charge in [0.2, 0.25) is 0 Å². The predicted octanol–water partition coefficient (Wildman–Crippen LogP) is 1.76. The highest BCUT2D eigenvalue weighted by Crippen LogP contribution is 2.18. The summed E-state index contributed by atoms with van der Waals surface area (Å²) in [5.41, 5.74) is 0. The van der Waals surface area contributed by atoms with Crippen molar-refractivity contribution in [2.45, 2.75) is 64.6 Å². The van der Waals surface area contributed by atoms with Crippen LogP contribution in [0, 0.1) is 12.8 Å². The molecule has 188 valence electrons. The van der Waals surface area contributed by atoms with Crippen molar-refractivity contribution in [3.63, 3.8) is 0 Å². The first-order valence-corrected chi connectivity index (χ1v) is 12.6. The molecular weight excluding hydrogens is 531 g/mol. The highest BCUT2D eigenvalue weighted by molar-refractivity contribution is 14.0. The third-order valence-corrected chi connectivity index (χ3v) is 7.44. The summed E-state index contributed by atoms with van der Waals surface area (Å²) in [6.45, 7) is 13.4. The van der Waals surface area contributed by atoms with E-state index in [2.05, 4.69) is 37.6 Å². The van der Waals surface area contributed by atoms with Crippen molar-refractivity contribution in [2.24, 2.45) is 18.0 Å². The number of ether oxygens (including phenoxy) is 1. The first-order valence-electron chi connectivity index (χ1n) is 12.6. The fourth-order valence-electron chi connectivity index (χ4n) is 5.19. The smallest absolute Gasteiger partial charge is 0.191 e. The van der Waals surface area contributed by atoms with Gasteiger partial charge in [-0.15, -0.1) is 34.2 Å². The molecule has 3 saturated heterocycles. The van der Waals surface area contributed by atoms with Gasteiger partial charge in [0.1, 0.15) is 12.4 Å². The number of guanidine groups is 1. The Labute approximate surface area is 216 Å². The van der Waals surface area contributed by atoms with E-state index in [1.807, 2.05) is 18.5 Å². The summed E-state index contributed by atoms with van der Waals surface area (Å²) in [5, 5.41) is 15.8. The van der Waals surface area contributed by atoms with E-state index in [-0.39, 0.29) is 24.0 Å². The molecule has 33 heavy (non-hydrogen) atoms. The number of likely N-dealkylation sites (N-methyl/N-ethyl adjacent to an activating group) is 1. The second kappa shape index (κ2) is 13.2. The zero-order valence-electron chi connectivity index (χ0n) is 20.6. The van der Waals surface area contributed by atoms with Gasteiger partial charge in [0.15, 0.2) is 11.8 Å². The van der Waals surface area contributed by atoms with Gasteiger partial charge in [-0.05, 0) is 58.0 Å². The lowest BCUT2D eigenvalue weighted by Gasteiger charge is -2.34. The lowest BCUT2D eigenvalue weighted by atomic mass is 10.0. The van der Waals surface area contributed by atoms with E-state index in [0.29, 0.717) is 18.6 Å². The van der Waals surface area contributed by atoms with Crippen molar-refractivity contribution in [2.75, 3.05) is 52.5 Å². The maximum absolute atomic E-state index is 5.55. The number of rotatable bonds is 8. The number of nitrogens with zero attached hydrogens (tertiary/aromatic N) is 6. The highest BCUT2D eigenvalue weighted by atomic mass is 127. The molecule has 0 radical (unpaired) electrons. The number of nitrogens with one attached hydrogen (secondary N) is 2. The Hall–Kier alpha value is -0.980. The molecule has 2 atom stereocenters. The number of hydrogen-bond donors (Lipinski definition) is 2. The van der Waals surface area contributed by atoms with Crippen molar-refractivity contribution in [3.8, 4) is 0 Å². The third kappa shape index (κ3) is 7.50. The molecule has 2 unspecified atom stereocenters. The zero-order valence-corrected chi connectivity index (χ0v) is 23.0. The van der Waals surface area contributed by atoms with Gasteiger partial charge >= 0.3 is 0 Å². The van der Waals surface area contributed by atoms with E-state index in [0.717, 1.165) is 75.8 Å². The normalized spacial score (nSPS) is 25.4. The van der Waals surface area contributed by atoms with Gasteiger partial charge in [-0.1, -0.05) is 6.92 Å². The molecule has 0 saturated carbocycles. The average molecular weight is 575 g/mol. The Morgan fingerprint density at radius 2 is 1.97 bits per heavy atom. The van der Waals surface area contributed by atoms with Crippen LogP contribution in [0.1, 0.15) is 50.7 Å². The molecule has 1 aromatic heterocycles. The Morgan fingerprint density at radius 1 is 1.15 bits per heavy atom. The molecule has 10 heteroatoms. The molecule has 4 rings (SSSR count). The van der Waals surface area contributed by atoms with Gasteiger partial charge in [0.25, 0.3) is 0 Å². The van der Waals surface area contributed by atoms with Gasteiger partial charge in [-0.3, -0.25) is 4.90 Å². The van der Waals surface area contributed by atoms with Crippen LogP contribution in [0.3, 0.4) is 0 Å². The number of aliphatic imine (C=N–C) groups is 1. The second-order valence-electron chi connectivity index (χ2n) is 9.64. The molecule has 9 nitrogen and oxygen atoms in total. The van der Waals surface area contributed by atoms with Gasteiger partial charge in [-0.2, -0.15) is 0 Å². The zero-order chi connectivity index (χ0) is 22.3. The molecule has 0 bridgehead atoms. The van der Waals surface area contributed by atoms with Crippen molar-refractivity contribution in [1.29, 1.82) is 0 Å². The molecule has 2 N–H and O–H groups in total. The van der Waals surface area contributed by atoms with Crippen LogP contribution in [0.15, 0.2) is 4.99 Å². The molecule has 0 amide bonds. The van der Waals surface area contributed by atoms with Crippen molar-refractivity contribution >= 4 is 29.9 Å². The minimum Gasteiger partial charge on any atom is -0.381 e. The van der Waals surface area contributed by atoms with Crippen LogP contribution >= 0.6 is 24.0 Å². The second-order valence-corrected chi connectivity index (χ2v) is 9.64. The third-order valence-electron chi connectivity index (χ3n) is 7.44. The van der Waals surface area contributed by atoms with Crippen LogP contribution in [0.4, 0.5) is 0 Å². The lowest BCUT2D eigenvalue weighted by molar-refractivity contribution is 0.150. The van der Waals surface area contributed by atoms with Crippen molar-refractivity contribution in [1.82, 2.24) is 35.2 Å². The molecule has 3 fully saturated rings. The Kier molecular flexibility index (Phi) is 10.6. The first kappa shape index (κ1) is 26.6. The highest BCUT2D eigenvalue weighted by Gasteiger charge is 2.26. The number of aromatic nitrogens is 3. The van der Waals surface area contributed by atoms with Crippen LogP contribution in [0.25, 0.3) is 0 Å². The first-order chi connectivity index (χ1) is 15.6. The standard InChI is InChI=1S/C23H42N8O.HI/c1-4-31-10-5-6-21(31)14-24-23(25-15-22-28-27-18(2)29(22)3)26-20-7-11-30(12-8-20)16-19-9-13-32-17-19;/h19-21H,4-17H2,1-3H3,(H2,24,25,26);1H. The van der Waals surface area contributed by atoms with E-state index in [9.17, 15) is 0 Å². The molecule has 0 aromatic carbocycles. The van der Waals surface area contributed by atoms with E-state index in [1.54, 1.807) is 0 Å². The molecule has 0 aliphatic carbocycles. The van der Waals surface area contributed by atoms with Gasteiger partial charge in [0, 0.05) is 51.9 Å². The maximum atomic E-state index is 5.55. The van der Waals surface area contributed by atoms with E-state index in [4.69, 9.17) is 9.73 Å². The van der Waals surface area contributed by atoms with Gasteiger partial charge in [-0.25, -0.2) is 4.99 Å². The summed E-state index contributed by atoms with van der Waals surface area (Å²) >= 11 is 0. The number of likely N-dealkylation sites (tertiary alicyclic amines) is 2. The summed E-state index contributed by atoms with van der Waals surface area (Å²) in [5.74, 6) is 3.45. The molecule has 3 aliphatic rings. The summed E-state index contributed by atoms with van der Waals surface area (Å²) in [4.78, 5) is 10.1. The Morgan fingerprint density at radius 3 is 2.64 bits per heavy atom. The molecule has 4 heterocycles. The quantitative estimate of drug-likeness (QED) is 0.278. The lowest BCUT2D eigenvalue weighted by Crippen LogP contribution is -2.51. The van der Waals surface area contributed by atoms with Crippen molar-refractivity contribution < 1.29 is 4.74 Å². The SMILES string of the molecule is CCN1CCCC1CNC(=NCc1nnc(C)n1C)NC1CCN(CC2CCOC2)CC1.I. The van der Waals surface area contributed by atoms with Crippen LogP contribution in [0.2, 0.25) is 0 Å². The van der Waals surface area contributed by atoms with E-state index in [1.165, 1.54) is 32.4 Å². The molecule has 1 aromatic rings. The van der Waals surface area contributed by atoms with Crippen LogP contribution < -0.4 is 10.6 Å². The minimum atomic E-state index is 0. The van der Waals surface area contributed by atoms with Crippen LogP contribution in [0.5, 0.6) is 0 Å². The fourth-order valence-corrected chi connectivity index (χ4v) is 5.19. The Balaban J connectivity index is 0.00000306. The topological polar surface area (TPSA) is 82.8 Å². The Bertz CT molecular complexity index is 743. The molecule has 3 aliphatic heterocycles. The van der Waals surface area contributed by atoms with Gasteiger partial charge < -0.3 is 24.8 Å². The fraction of sp³-hybridized carbons (Fsp3) is 0.870. The van der Waals surface area contributed by atoms with Crippen LogP contribution in [-0.4, -0.2) is 95.1 Å². The van der Waals surface area contributed by atoms with Crippen LogP contribution in [-0.2, 0) is 18.3 Å². The monoisotopic (exact) mass is 574 g/mol. The van der Waals surface area contributed by atoms with E-state index >= 15 is 0 Å². The summed E-state index contributed by atoms with van der Waals surface area (Å²) in [7, 11) is 2.00. The predicted molar refractivity (Wildman–Crippen MR) is 142 cm³/mol. The number of halogens is 1. The summed E-state index contributed by atoms with van der Waals surface area (Å²) in [6.07, 6.45) is 6.09. The molecule has 0 spiro atoms. The van der Waals surface area contributed by atoms with Crippen molar-refractivity contribution in [3.05, 3.63) is 11.6 Å². The summed E-state index contributed by atoms with van der Waals surface area (Å²) < 4.78 is 7.57. The number of piperidine rings is 1.